The van der Waals surface area contributed by atoms with Crippen LogP contribution in [0.15, 0.2) is 30.5 Å². The Morgan fingerprint density at radius 2 is 2.29 bits per heavy atom. The van der Waals surface area contributed by atoms with Crippen molar-refractivity contribution >= 4 is 16.9 Å². The van der Waals surface area contributed by atoms with Crippen molar-refractivity contribution < 1.29 is 19.4 Å². The largest absolute Gasteiger partial charge is 0.478 e. The number of hydrogen-bond donors (Lipinski definition) is 1. The zero-order chi connectivity index (χ0) is 14.7. The molecule has 1 aliphatic rings. The molecule has 1 aromatic heterocycles. The number of carbonyl (C=O) groups is 1. The Morgan fingerprint density at radius 3 is 3.05 bits per heavy atom. The van der Waals surface area contributed by atoms with E-state index in [4.69, 9.17) is 9.47 Å². The molecule has 0 saturated carbocycles. The molecule has 1 atom stereocenters. The standard InChI is InChI=1S/C16H19NO4/c18-16(19)13-4-3-5-14-12(13)7-8-17(14)9-11-21-15-6-1-2-10-20-15/h3-5,7-8,15H,1-2,6,9-11H2,(H,18,19). The van der Waals surface area contributed by atoms with Gasteiger partial charge in [-0.15, -0.1) is 0 Å². The predicted octanol–water partition coefficient (Wildman–Crippen LogP) is 2.88. The van der Waals surface area contributed by atoms with Crippen LogP contribution in [0.5, 0.6) is 0 Å². The van der Waals surface area contributed by atoms with Crippen molar-refractivity contribution in [1.82, 2.24) is 4.57 Å². The molecule has 3 rings (SSSR count). The fraction of sp³-hybridized carbons (Fsp3) is 0.438. The summed E-state index contributed by atoms with van der Waals surface area (Å²) in [7, 11) is 0. The van der Waals surface area contributed by atoms with Gasteiger partial charge in [0.25, 0.3) is 0 Å². The number of aromatic carboxylic acids is 1. The van der Waals surface area contributed by atoms with Gasteiger partial charge in [-0.2, -0.15) is 0 Å². The molecule has 0 radical (unpaired) electrons. The maximum absolute atomic E-state index is 11.2. The molecule has 112 valence electrons. The van der Waals surface area contributed by atoms with Crippen molar-refractivity contribution in [2.75, 3.05) is 13.2 Å². The molecule has 1 aromatic carbocycles. The number of benzene rings is 1. The van der Waals surface area contributed by atoms with Gasteiger partial charge < -0.3 is 19.1 Å². The molecular formula is C16H19NO4. The van der Waals surface area contributed by atoms with Crippen LogP contribution < -0.4 is 0 Å². The van der Waals surface area contributed by atoms with E-state index in [0.717, 1.165) is 36.8 Å². The van der Waals surface area contributed by atoms with Crippen LogP contribution in [0.3, 0.4) is 0 Å². The Hall–Kier alpha value is -1.85. The number of ether oxygens (including phenoxy) is 2. The van der Waals surface area contributed by atoms with E-state index in [-0.39, 0.29) is 6.29 Å². The second kappa shape index (κ2) is 6.28. The van der Waals surface area contributed by atoms with Gasteiger partial charge in [-0.25, -0.2) is 4.79 Å². The number of fused-ring (bicyclic) bond motifs is 1. The number of rotatable bonds is 5. The Bertz CT molecular complexity index is 628. The molecule has 5 nitrogen and oxygen atoms in total. The summed E-state index contributed by atoms with van der Waals surface area (Å²) in [4.78, 5) is 11.2. The minimum atomic E-state index is -0.898. The van der Waals surface area contributed by atoms with Gasteiger partial charge in [-0.05, 0) is 37.5 Å². The fourth-order valence-corrected chi connectivity index (χ4v) is 2.73. The lowest BCUT2D eigenvalue weighted by Gasteiger charge is -2.22. The molecule has 1 unspecified atom stereocenters. The van der Waals surface area contributed by atoms with Crippen molar-refractivity contribution in [2.45, 2.75) is 32.1 Å². The Balaban J connectivity index is 1.67. The van der Waals surface area contributed by atoms with Gasteiger partial charge in [0.2, 0.25) is 0 Å². The first-order chi connectivity index (χ1) is 10.3. The van der Waals surface area contributed by atoms with Crippen molar-refractivity contribution in [2.24, 2.45) is 0 Å². The molecule has 0 bridgehead atoms. The summed E-state index contributed by atoms with van der Waals surface area (Å²) in [5.74, 6) is -0.898. The summed E-state index contributed by atoms with van der Waals surface area (Å²) in [5, 5.41) is 9.95. The van der Waals surface area contributed by atoms with E-state index in [1.807, 2.05) is 22.9 Å². The molecule has 0 spiro atoms. The van der Waals surface area contributed by atoms with E-state index < -0.39 is 5.97 Å². The summed E-state index contributed by atoms with van der Waals surface area (Å²) in [6.45, 7) is 2.03. The Morgan fingerprint density at radius 1 is 1.38 bits per heavy atom. The second-order valence-corrected chi connectivity index (χ2v) is 5.22. The van der Waals surface area contributed by atoms with Gasteiger partial charge in [0.05, 0.1) is 12.2 Å². The number of hydrogen-bond acceptors (Lipinski definition) is 3. The molecule has 5 heteroatoms. The van der Waals surface area contributed by atoms with Gasteiger partial charge in [-0.1, -0.05) is 6.07 Å². The van der Waals surface area contributed by atoms with Crippen LogP contribution in [-0.4, -0.2) is 35.1 Å². The van der Waals surface area contributed by atoms with E-state index in [1.54, 1.807) is 12.1 Å². The highest BCUT2D eigenvalue weighted by molar-refractivity contribution is 6.02. The maximum atomic E-state index is 11.2. The molecule has 0 aliphatic carbocycles. The zero-order valence-electron chi connectivity index (χ0n) is 11.8. The van der Waals surface area contributed by atoms with Gasteiger partial charge in [0.15, 0.2) is 6.29 Å². The van der Waals surface area contributed by atoms with Crippen LogP contribution in [-0.2, 0) is 16.0 Å². The number of carboxylic acid groups (broad SMARTS) is 1. The molecular weight excluding hydrogens is 270 g/mol. The van der Waals surface area contributed by atoms with Crippen LogP contribution in [0.25, 0.3) is 10.9 Å². The molecule has 1 fully saturated rings. The van der Waals surface area contributed by atoms with Crippen LogP contribution in [0.2, 0.25) is 0 Å². The Labute approximate surface area is 123 Å². The van der Waals surface area contributed by atoms with Gasteiger partial charge in [-0.3, -0.25) is 0 Å². The topological polar surface area (TPSA) is 60.7 Å². The van der Waals surface area contributed by atoms with E-state index >= 15 is 0 Å². The minimum Gasteiger partial charge on any atom is -0.478 e. The lowest BCUT2D eigenvalue weighted by molar-refractivity contribution is -0.163. The summed E-state index contributed by atoms with van der Waals surface area (Å²) < 4.78 is 13.3. The van der Waals surface area contributed by atoms with Crippen LogP contribution in [0, 0.1) is 0 Å². The van der Waals surface area contributed by atoms with E-state index in [2.05, 4.69) is 0 Å². The molecule has 1 aliphatic heterocycles. The Kier molecular flexibility index (Phi) is 4.22. The van der Waals surface area contributed by atoms with Crippen LogP contribution >= 0.6 is 0 Å². The van der Waals surface area contributed by atoms with E-state index in [1.165, 1.54) is 0 Å². The van der Waals surface area contributed by atoms with Crippen molar-refractivity contribution in [3.05, 3.63) is 36.0 Å². The predicted molar refractivity (Wildman–Crippen MR) is 78.4 cm³/mol. The van der Waals surface area contributed by atoms with Gasteiger partial charge >= 0.3 is 5.97 Å². The SMILES string of the molecule is O=C(O)c1cccc2c1ccn2CCOC1CCCCO1. The highest BCUT2D eigenvalue weighted by Gasteiger charge is 2.14. The molecule has 1 saturated heterocycles. The lowest BCUT2D eigenvalue weighted by Crippen LogP contribution is -2.23. The van der Waals surface area contributed by atoms with Gasteiger partial charge in [0, 0.05) is 30.3 Å². The number of carboxylic acids is 1. The first-order valence-electron chi connectivity index (χ1n) is 7.30. The van der Waals surface area contributed by atoms with E-state index in [9.17, 15) is 9.90 Å². The fourth-order valence-electron chi connectivity index (χ4n) is 2.73. The molecule has 0 amide bonds. The summed E-state index contributed by atoms with van der Waals surface area (Å²) in [5.41, 5.74) is 1.26. The van der Waals surface area contributed by atoms with Gasteiger partial charge in [0.1, 0.15) is 0 Å². The minimum absolute atomic E-state index is 0.0878. The average molecular weight is 289 g/mol. The smallest absolute Gasteiger partial charge is 0.336 e. The third-order valence-corrected chi connectivity index (χ3v) is 3.82. The first-order valence-corrected chi connectivity index (χ1v) is 7.30. The number of nitrogens with zero attached hydrogens (tertiary/aromatic N) is 1. The van der Waals surface area contributed by atoms with Crippen molar-refractivity contribution in [1.29, 1.82) is 0 Å². The molecule has 1 N–H and O–H groups in total. The summed E-state index contributed by atoms with van der Waals surface area (Å²) in [6.07, 6.45) is 5.03. The number of aromatic nitrogens is 1. The average Bonchev–Trinajstić information content (AvgIpc) is 2.91. The highest BCUT2D eigenvalue weighted by Crippen LogP contribution is 2.20. The van der Waals surface area contributed by atoms with Crippen LogP contribution in [0.4, 0.5) is 0 Å². The van der Waals surface area contributed by atoms with Crippen molar-refractivity contribution in [3.8, 4) is 0 Å². The lowest BCUT2D eigenvalue weighted by atomic mass is 10.1. The zero-order valence-corrected chi connectivity index (χ0v) is 11.8. The monoisotopic (exact) mass is 289 g/mol. The first kappa shape index (κ1) is 14.1. The molecule has 21 heavy (non-hydrogen) atoms. The normalized spacial score (nSPS) is 19.0. The molecule has 2 aromatic rings. The molecule has 2 heterocycles. The second-order valence-electron chi connectivity index (χ2n) is 5.22. The van der Waals surface area contributed by atoms with Crippen molar-refractivity contribution in [3.63, 3.8) is 0 Å². The van der Waals surface area contributed by atoms with Crippen LogP contribution in [0.1, 0.15) is 29.6 Å². The van der Waals surface area contributed by atoms with E-state index in [0.29, 0.717) is 18.7 Å². The third-order valence-electron chi connectivity index (χ3n) is 3.82. The highest BCUT2D eigenvalue weighted by atomic mass is 16.7. The maximum Gasteiger partial charge on any atom is 0.336 e. The summed E-state index contributed by atoms with van der Waals surface area (Å²) >= 11 is 0. The quantitative estimate of drug-likeness (QED) is 0.919. The third kappa shape index (κ3) is 3.09. The summed E-state index contributed by atoms with van der Waals surface area (Å²) in [6, 6.07) is 7.17.